The number of anilines is 1. The first-order chi connectivity index (χ1) is 9.16. The minimum Gasteiger partial charge on any atom is -0.389 e. The van der Waals surface area contributed by atoms with Gasteiger partial charge in [-0.2, -0.15) is 11.8 Å². The van der Waals surface area contributed by atoms with Crippen LogP contribution in [-0.4, -0.2) is 23.5 Å². The highest BCUT2D eigenvalue weighted by Gasteiger charge is 2.10. The molecule has 0 bridgehead atoms. The number of rotatable bonds is 9. The Bertz CT molecular complexity index is 410. The van der Waals surface area contributed by atoms with Gasteiger partial charge in [0.15, 0.2) is 0 Å². The van der Waals surface area contributed by atoms with Gasteiger partial charge in [-0.25, -0.2) is 4.39 Å². The highest BCUT2D eigenvalue weighted by atomic mass is 32.2. The van der Waals surface area contributed by atoms with Crippen LogP contribution >= 0.6 is 24.0 Å². The third kappa shape index (κ3) is 5.78. The molecule has 0 heterocycles. The Kier molecular flexibility index (Phi) is 7.82. The largest absolute Gasteiger partial charge is 0.389 e. The van der Waals surface area contributed by atoms with Crippen LogP contribution in [0.4, 0.5) is 10.1 Å². The van der Waals surface area contributed by atoms with Gasteiger partial charge in [-0.1, -0.05) is 31.1 Å². The van der Waals surface area contributed by atoms with Crippen molar-refractivity contribution in [2.75, 3.05) is 23.9 Å². The third-order valence-corrected chi connectivity index (χ3v) is 3.75. The zero-order chi connectivity index (χ0) is 14.1. The summed E-state index contributed by atoms with van der Waals surface area (Å²) in [4.78, 5) is 0.0978. The molecule has 0 aliphatic rings. The summed E-state index contributed by atoms with van der Waals surface area (Å²) in [5, 5.41) is 3.21. The first-order valence-corrected chi connectivity index (χ1v) is 8.28. The fourth-order valence-electron chi connectivity index (χ4n) is 1.87. The number of benzene rings is 1. The number of hydrogen-bond donors (Lipinski definition) is 2. The lowest BCUT2D eigenvalue weighted by Crippen LogP contribution is -2.15. The number of hydrogen-bond acceptors (Lipinski definition) is 3. The van der Waals surface area contributed by atoms with E-state index in [-0.39, 0.29) is 10.8 Å². The summed E-state index contributed by atoms with van der Waals surface area (Å²) in [6, 6.07) is 4.85. The van der Waals surface area contributed by atoms with Gasteiger partial charge in [-0.3, -0.25) is 0 Å². The Labute approximate surface area is 124 Å². The molecule has 3 N–H and O–H groups in total. The number of thiocarbonyl (C=S) groups is 1. The van der Waals surface area contributed by atoms with Crippen molar-refractivity contribution in [2.45, 2.75) is 25.7 Å². The van der Waals surface area contributed by atoms with Crippen molar-refractivity contribution in [1.82, 2.24) is 0 Å². The van der Waals surface area contributed by atoms with Crippen molar-refractivity contribution in [1.29, 1.82) is 0 Å². The van der Waals surface area contributed by atoms with Crippen molar-refractivity contribution >= 4 is 34.7 Å². The van der Waals surface area contributed by atoms with Gasteiger partial charge in [0.05, 0.1) is 5.56 Å². The van der Waals surface area contributed by atoms with Crippen LogP contribution in [0.5, 0.6) is 0 Å². The SMILES string of the molecule is CSCCCCCCNc1cccc(F)c1C(N)=S. The molecule has 0 aromatic heterocycles. The van der Waals surface area contributed by atoms with Gasteiger partial charge in [0.1, 0.15) is 10.8 Å². The predicted octanol–water partition coefficient (Wildman–Crippen LogP) is 3.80. The van der Waals surface area contributed by atoms with Gasteiger partial charge < -0.3 is 11.1 Å². The van der Waals surface area contributed by atoms with Crippen LogP contribution in [0.2, 0.25) is 0 Å². The summed E-state index contributed by atoms with van der Waals surface area (Å²) in [5.74, 6) is 0.862. The lowest BCUT2D eigenvalue weighted by atomic mass is 10.1. The van der Waals surface area contributed by atoms with E-state index in [9.17, 15) is 4.39 Å². The lowest BCUT2D eigenvalue weighted by Gasteiger charge is -2.11. The van der Waals surface area contributed by atoms with E-state index in [1.54, 1.807) is 6.07 Å². The van der Waals surface area contributed by atoms with E-state index >= 15 is 0 Å². The lowest BCUT2D eigenvalue weighted by molar-refractivity contribution is 0.625. The molecule has 5 heteroatoms. The molecule has 0 aliphatic heterocycles. The average Bonchev–Trinajstić information content (AvgIpc) is 2.37. The molecule has 0 spiro atoms. The maximum atomic E-state index is 13.6. The fourth-order valence-corrected chi connectivity index (χ4v) is 2.57. The van der Waals surface area contributed by atoms with E-state index in [0.717, 1.165) is 13.0 Å². The number of halogens is 1. The summed E-state index contributed by atoms with van der Waals surface area (Å²) >= 11 is 6.77. The molecule has 0 saturated carbocycles. The zero-order valence-electron chi connectivity index (χ0n) is 11.2. The molecule has 19 heavy (non-hydrogen) atoms. The van der Waals surface area contributed by atoms with Gasteiger partial charge >= 0.3 is 0 Å². The number of unbranched alkanes of at least 4 members (excludes halogenated alkanes) is 3. The molecule has 2 nitrogen and oxygen atoms in total. The molecular formula is C14H21FN2S2. The second-order valence-corrected chi connectivity index (χ2v) is 5.79. The molecule has 1 rings (SSSR count). The van der Waals surface area contributed by atoms with Crippen LogP contribution in [0.3, 0.4) is 0 Å². The summed E-state index contributed by atoms with van der Waals surface area (Å²) in [6.07, 6.45) is 6.89. The van der Waals surface area contributed by atoms with Crippen LogP contribution in [0.1, 0.15) is 31.2 Å². The second-order valence-electron chi connectivity index (χ2n) is 4.36. The van der Waals surface area contributed by atoms with Crippen molar-refractivity contribution in [3.05, 3.63) is 29.6 Å². The molecule has 106 valence electrons. The minimum atomic E-state index is -0.363. The van der Waals surface area contributed by atoms with Gasteiger partial charge in [0.2, 0.25) is 0 Å². The van der Waals surface area contributed by atoms with Crippen LogP contribution in [0.25, 0.3) is 0 Å². The van der Waals surface area contributed by atoms with E-state index in [2.05, 4.69) is 11.6 Å². The Balaban J connectivity index is 2.37. The second kappa shape index (κ2) is 9.15. The molecule has 1 aromatic carbocycles. The van der Waals surface area contributed by atoms with E-state index in [1.165, 1.54) is 31.1 Å². The van der Waals surface area contributed by atoms with Gasteiger partial charge in [0, 0.05) is 12.2 Å². The molecule has 0 fully saturated rings. The fraction of sp³-hybridized carbons (Fsp3) is 0.500. The molecule has 0 atom stereocenters. The van der Waals surface area contributed by atoms with Gasteiger partial charge in [0.25, 0.3) is 0 Å². The van der Waals surface area contributed by atoms with Gasteiger partial charge in [-0.05, 0) is 37.0 Å². The Hall–Kier alpha value is -0.810. The van der Waals surface area contributed by atoms with Crippen molar-refractivity contribution in [3.63, 3.8) is 0 Å². The quantitative estimate of drug-likeness (QED) is 0.537. The minimum absolute atomic E-state index is 0.0978. The van der Waals surface area contributed by atoms with E-state index in [0.29, 0.717) is 11.3 Å². The first-order valence-electron chi connectivity index (χ1n) is 6.48. The molecule has 0 amide bonds. The molecule has 0 aliphatic carbocycles. The number of nitrogens with one attached hydrogen (secondary N) is 1. The van der Waals surface area contributed by atoms with E-state index in [1.807, 2.05) is 17.8 Å². The summed E-state index contributed by atoms with van der Waals surface area (Å²) < 4.78 is 13.6. The summed E-state index contributed by atoms with van der Waals surface area (Å²) in [6.45, 7) is 0.818. The van der Waals surface area contributed by atoms with Crippen molar-refractivity contribution in [2.24, 2.45) is 5.73 Å². The van der Waals surface area contributed by atoms with Crippen molar-refractivity contribution in [3.8, 4) is 0 Å². The van der Waals surface area contributed by atoms with Crippen LogP contribution in [-0.2, 0) is 0 Å². The molecule has 0 saturated heterocycles. The Morgan fingerprint density at radius 1 is 1.32 bits per heavy atom. The number of thioether (sulfide) groups is 1. The summed E-state index contributed by atoms with van der Waals surface area (Å²) in [7, 11) is 0. The first kappa shape index (κ1) is 16.2. The van der Waals surface area contributed by atoms with Crippen molar-refractivity contribution < 1.29 is 4.39 Å². The van der Waals surface area contributed by atoms with E-state index < -0.39 is 0 Å². The highest BCUT2D eigenvalue weighted by molar-refractivity contribution is 7.98. The molecular weight excluding hydrogens is 279 g/mol. The maximum absolute atomic E-state index is 13.6. The monoisotopic (exact) mass is 300 g/mol. The predicted molar refractivity (Wildman–Crippen MR) is 87.6 cm³/mol. The smallest absolute Gasteiger partial charge is 0.135 e. The topological polar surface area (TPSA) is 38.0 Å². The zero-order valence-corrected chi connectivity index (χ0v) is 12.9. The average molecular weight is 300 g/mol. The number of nitrogens with two attached hydrogens (primary N) is 1. The Morgan fingerprint density at radius 3 is 2.74 bits per heavy atom. The van der Waals surface area contributed by atoms with Crippen LogP contribution in [0, 0.1) is 5.82 Å². The van der Waals surface area contributed by atoms with Crippen LogP contribution < -0.4 is 11.1 Å². The third-order valence-electron chi connectivity index (χ3n) is 2.85. The molecule has 0 unspecified atom stereocenters. The molecule has 1 aromatic rings. The maximum Gasteiger partial charge on any atom is 0.135 e. The van der Waals surface area contributed by atoms with Crippen LogP contribution in [0.15, 0.2) is 18.2 Å². The normalized spacial score (nSPS) is 10.4. The standard InChI is InChI=1S/C14H21FN2S2/c1-19-10-5-3-2-4-9-17-12-8-6-7-11(15)13(12)14(16)18/h6-8,17H,2-5,9-10H2,1H3,(H2,16,18). The molecule has 0 radical (unpaired) electrons. The van der Waals surface area contributed by atoms with Gasteiger partial charge in [-0.15, -0.1) is 0 Å². The summed E-state index contributed by atoms with van der Waals surface area (Å²) in [5.41, 5.74) is 6.56. The van der Waals surface area contributed by atoms with E-state index in [4.69, 9.17) is 18.0 Å². The highest BCUT2D eigenvalue weighted by Crippen LogP contribution is 2.19. The Morgan fingerprint density at radius 2 is 2.05 bits per heavy atom.